The van der Waals surface area contributed by atoms with Gasteiger partial charge in [-0.05, 0) is 57.1 Å². The Morgan fingerprint density at radius 2 is 1.93 bits per heavy atom. The van der Waals surface area contributed by atoms with Gasteiger partial charge in [0.25, 0.3) is 10.0 Å². The Hall–Kier alpha value is -2.02. The summed E-state index contributed by atoms with van der Waals surface area (Å²) in [7, 11) is 2.48. The summed E-state index contributed by atoms with van der Waals surface area (Å²) in [5.74, 6) is 0.117. The van der Waals surface area contributed by atoms with Gasteiger partial charge in [-0.25, -0.2) is 22.1 Å². The van der Waals surface area contributed by atoms with Crippen LogP contribution in [0, 0.1) is 17.7 Å². The standard InChI is InChI=1S/C27H30Cl3FN4O4S2/c1-34(2)22-10-16-9-18(27(16,29)30)25(22)33-21-13-20(31)24(12-19(21)28)41(36,37)35(26-32-7-8-40-26)14-15-5-6-17(38-3)11-23(15)39-4/h5-8,11-13,16,18,22,25,33H,9-10,14H2,1-4H3/t16-,18+,22-,25-/m0/s1. The van der Waals surface area contributed by atoms with Crippen LogP contribution in [0.4, 0.5) is 15.2 Å². The lowest BCUT2D eigenvalue weighted by atomic mass is 9.59. The number of nitrogens with one attached hydrogen (secondary N) is 1. The van der Waals surface area contributed by atoms with E-state index in [1.165, 1.54) is 20.4 Å². The number of thiazole rings is 1. The second-order valence-electron chi connectivity index (χ2n) is 10.4. The van der Waals surface area contributed by atoms with E-state index >= 15 is 4.39 Å². The highest BCUT2D eigenvalue weighted by molar-refractivity contribution is 7.93. The number of ether oxygens (including phenoxy) is 2. The van der Waals surface area contributed by atoms with Crippen LogP contribution < -0.4 is 19.1 Å². The summed E-state index contributed by atoms with van der Waals surface area (Å²) in [4.78, 5) is 5.71. The van der Waals surface area contributed by atoms with E-state index in [1.807, 2.05) is 14.1 Å². The molecule has 222 valence electrons. The molecule has 8 nitrogen and oxygen atoms in total. The van der Waals surface area contributed by atoms with Gasteiger partial charge in [0.2, 0.25) is 0 Å². The first-order chi connectivity index (χ1) is 19.4. The topological polar surface area (TPSA) is 84.0 Å². The average Bonchev–Trinajstić information content (AvgIpc) is 3.47. The van der Waals surface area contributed by atoms with E-state index in [0.717, 1.165) is 40.6 Å². The molecule has 2 aromatic carbocycles. The molecule has 4 atom stereocenters. The smallest absolute Gasteiger partial charge is 0.269 e. The van der Waals surface area contributed by atoms with Crippen molar-refractivity contribution in [1.29, 1.82) is 0 Å². The molecule has 0 amide bonds. The lowest BCUT2D eigenvalue weighted by Gasteiger charge is -2.60. The van der Waals surface area contributed by atoms with E-state index in [2.05, 4.69) is 15.2 Å². The van der Waals surface area contributed by atoms with Crippen molar-refractivity contribution in [3.8, 4) is 11.5 Å². The van der Waals surface area contributed by atoms with Crippen molar-refractivity contribution in [2.75, 3.05) is 37.9 Å². The van der Waals surface area contributed by atoms with Crippen molar-refractivity contribution in [3.05, 3.63) is 58.3 Å². The molecule has 3 aliphatic rings. The number of methoxy groups -OCH3 is 2. The zero-order valence-corrected chi connectivity index (χ0v) is 26.7. The maximum Gasteiger partial charge on any atom is 0.269 e. The fraction of sp³-hybridized carbons (Fsp3) is 0.444. The van der Waals surface area contributed by atoms with Crippen LogP contribution in [0.3, 0.4) is 0 Å². The Morgan fingerprint density at radius 3 is 2.54 bits per heavy atom. The maximum absolute atomic E-state index is 15.8. The molecule has 0 saturated heterocycles. The highest BCUT2D eigenvalue weighted by atomic mass is 35.5. The van der Waals surface area contributed by atoms with Crippen molar-refractivity contribution >= 4 is 67.0 Å². The van der Waals surface area contributed by atoms with Crippen LogP contribution >= 0.6 is 46.1 Å². The lowest BCUT2D eigenvalue weighted by molar-refractivity contribution is 0.0181. The third-order valence-electron chi connectivity index (χ3n) is 7.97. The molecule has 3 aromatic rings. The van der Waals surface area contributed by atoms with Crippen molar-refractivity contribution in [2.24, 2.45) is 11.8 Å². The van der Waals surface area contributed by atoms with E-state index < -0.39 is 25.1 Å². The molecule has 2 bridgehead atoms. The van der Waals surface area contributed by atoms with Crippen molar-refractivity contribution in [2.45, 2.75) is 40.7 Å². The molecule has 0 unspecified atom stereocenters. The van der Waals surface area contributed by atoms with Gasteiger partial charge in [0.1, 0.15) is 26.5 Å². The van der Waals surface area contributed by atoms with Gasteiger partial charge < -0.3 is 19.7 Å². The van der Waals surface area contributed by atoms with Crippen LogP contribution in [0.5, 0.6) is 11.5 Å². The Bertz CT molecular complexity index is 1520. The molecule has 14 heteroatoms. The minimum absolute atomic E-state index is 0.0554. The van der Waals surface area contributed by atoms with Gasteiger partial charge in [0.15, 0.2) is 5.13 Å². The lowest BCUT2D eigenvalue weighted by Crippen LogP contribution is -2.66. The zero-order valence-electron chi connectivity index (χ0n) is 22.8. The summed E-state index contributed by atoms with van der Waals surface area (Å²) >= 11 is 21.0. The monoisotopic (exact) mass is 662 g/mol. The number of fused-ring (bicyclic) bond motifs is 2. The number of hydrogen-bond acceptors (Lipinski definition) is 8. The molecule has 6 rings (SSSR count). The van der Waals surface area contributed by atoms with Crippen LogP contribution in [0.2, 0.25) is 5.02 Å². The molecule has 3 fully saturated rings. The van der Waals surface area contributed by atoms with Crippen molar-refractivity contribution in [1.82, 2.24) is 9.88 Å². The molecular weight excluding hydrogens is 634 g/mol. The fourth-order valence-corrected chi connectivity index (χ4v) is 9.14. The van der Waals surface area contributed by atoms with Gasteiger partial charge in [0.05, 0.1) is 31.5 Å². The van der Waals surface area contributed by atoms with Crippen molar-refractivity contribution in [3.63, 3.8) is 0 Å². The number of halogens is 4. The second-order valence-corrected chi connectivity index (χ2v) is 15.0. The number of sulfonamides is 1. The molecule has 1 aromatic heterocycles. The number of anilines is 2. The van der Waals surface area contributed by atoms with E-state index in [-0.39, 0.29) is 46.3 Å². The summed E-state index contributed by atoms with van der Waals surface area (Å²) < 4.78 is 54.6. The first-order valence-electron chi connectivity index (χ1n) is 12.8. The summed E-state index contributed by atoms with van der Waals surface area (Å²) in [5, 5.41) is 5.20. The summed E-state index contributed by atoms with van der Waals surface area (Å²) in [5.41, 5.74) is 0.806. The molecule has 3 saturated carbocycles. The third-order valence-corrected chi connectivity index (χ3v) is 12.1. The van der Waals surface area contributed by atoms with Gasteiger partial charge in [0, 0.05) is 41.2 Å². The summed E-state index contributed by atoms with van der Waals surface area (Å²) in [6.45, 7) is -0.164. The molecule has 3 aliphatic carbocycles. The highest BCUT2D eigenvalue weighted by Crippen LogP contribution is 2.61. The number of likely N-dealkylation sites (N-methyl/N-ethyl adjacent to an activating group) is 1. The van der Waals surface area contributed by atoms with Crippen LogP contribution in [-0.2, 0) is 16.6 Å². The van der Waals surface area contributed by atoms with Crippen LogP contribution in [0.25, 0.3) is 0 Å². The largest absolute Gasteiger partial charge is 0.497 e. The number of alkyl halides is 2. The van der Waals surface area contributed by atoms with Gasteiger partial charge in [-0.2, -0.15) is 0 Å². The number of aromatic nitrogens is 1. The third kappa shape index (κ3) is 5.57. The van der Waals surface area contributed by atoms with E-state index in [1.54, 1.807) is 23.6 Å². The van der Waals surface area contributed by atoms with Crippen LogP contribution in [0.1, 0.15) is 18.4 Å². The number of rotatable bonds is 10. The molecule has 1 N–H and O–H groups in total. The number of nitrogens with zero attached hydrogens (tertiary/aromatic N) is 3. The van der Waals surface area contributed by atoms with Gasteiger partial charge in [-0.1, -0.05) is 11.6 Å². The van der Waals surface area contributed by atoms with Gasteiger partial charge >= 0.3 is 0 Å². The van der Waals surface area contributed by atoms with E-state index in [0.29, 0.717) is 17.1 Å². The second kappa shape index (κ2) is 11.6. The predicted octanol–water partition coefficient (Wildman–Crippen LogP) is 6.27. The fourth-order valence-electron chi connectivity index (χ4n) is 5.70. The quantitative estimate of drug-likeness (QED) is 0.256. The number of hydrogen-bond donors (Lipinski definition) is 1. The SMILES string of the molecule is COc1ccc(CN(c2nccs2)S(=O)(=O)c2cc(Cl)c(N[C@H]3[C@H]4C[C@@H](C[C@@H]3N(C)C)C4(Cl)Cl)cc2F)c(OC)c1. The Kier molecular flexibility index (Phi) is 8.59. The minimum atomic E-state index is -4.45. The Balaban J connectivity index is 1.49. The number of benzene rings is 2. The molecule has 1 heterocycles. The average molecular weight is 664 g/mol. The van der Waals surface area contributed by atoms with Crippen molar-refractivity contribution < 1.29 is 22.3 Å². The summed E-state index contributed by atoms with van der Waals surface area (Å²) in [6.07, 6.45) is 3.10. The molecule has 41 heavy (non-hydrogen) atoms. The van der Waals surface area contributed by atoms with Gasteiger partial charge in [-0.3, -0.25) is 0 Å². The maximum atomic E-state index is 15.8. The van der Waals surface area contributed by atoms with Gasteiger partial charge in [-0.15, -0.1) is 34.5 Å². The predicted molar refractivity (Wildman–Crippen MR) is 162 cm³/mol. The van der Waals surface area contributed by atoms with Crippen LogP contribution in [-0.4, -0.2) is 63.0 Å². The van der Waals surface area contributed by atoms with E-state index in [9.17, 15) is 8.42 Å². The molecular formula is C27H30Cl3FN4O4S2. The molecule has 0 radical (unpaired) electrons. The molecule has 0 spiro atoms. The minimum Gasteiger partial charge on any atom is -0.497 e. The molecule has 0 aliphatic heterocycles. The first kappa shape index (κ1) is 30.4. The Labute approximate surface area is 258 Å². The van der Waals surface area contributed by atoms with E-state index in [4.69, 9.17) is 44.3 Å². The van der Waals surface area contributed by atoms with Crippen LogP contribution in [0.15, 0.2) is 46.8 Å². The zero-order chi connectivity index (χ0) is 29.7. The Morgan fingerprint density at radius 1 is 1.17 bits per heavy atom. The normalized spacial score (nSPS) is 23.1. The summed E-state index contributed by atoms with van der Waals surface area (Å²) in [6, 6.07) is 7.15. The first-order valence-corrected chi connectivity index (χ1v) is 16.3. The highest BCUT2D eigenvalue weighted by Gasteiger charge is 2.62.